The van der Waals surface area contributed by atoms with Gasteiger partial charge >= 0.3 is 0 Å². The Morgan fingerprint density at radius 3 is 2.23 bits per heavy atom. The Labute approximate surface area is 201 Å². The topological polar surface area (TPSA) is 197 Å². The van der Waals surface area contributed by atoms with Gasteiger partial charge in [-0.1, -0.05) is 12.2 Å². The second-order valence-corrected chi connectivity index (χ2v) is 8.24. The van der Waals surface area contributed by atoms with E-state index in [0.717, 1.165) is 0 Å². The number of hydrogen-bond acceptors (Lipinski definition) is 13. The lowest BCUT2D eigenvalue weighted by atomic mass is 9.99. The fourth-order valence-electron chi connectivity index (χ4n) is 3.66. The first-order valence-electron chi connectivity index (χ1n) is 10.8. The number of rotatable bonds is 10. The summed E-state index contributed by atoms with van der Waals surface area (Å²) in [5.41, 5.74) is -1.25. The lowest BCUT2D eigenvalue weighted by Gasteiger charge is -2.40. The van der Waals surface area contributed by atoms with Gasteiger partial charge in [0.05, 0.1) is 40.6 Å². The molecule has 8 unspecified atom stereocenters. The second kappa shape index (κ2) is 11.8. The first-order valence-corrected chi connectivity index (χ1v) is 10.8. The van der Waals surface area contributed by atoms with Gasteiger partial charge in [-0.3, -0.25) is 0 Å². The van der Waals surface area contributed by atoms with Gasteiger partial charge in [-0.15, -0.1) is 0 Å². The monoisotopic (exact) mass is 504 g/mol. The van der Waals surface area contributed by atoms with E-state index >= 15 is 0 Å². The number of benzene rings is 1. The van der Waals surface area contributed by atoms with Crippen LogP contribution in [0, 0.1) is 0 Å². The van der Waals surface area contributed by atoms with Crippen LogP contribution in [-0.4, -0.2) is 125 Å². The minimum Gasteiger partial charge on any atom is -0.502 e. The number of aliphatic hydroxyl groups excluding tert-OH is 5. The summed E-state index contributed by atoms with van der Waals surface area (Å²) in [6.45, 7) is -1.54. The summed E-state index contributed by atoms with van der Waals surface area (Å²) in [6, 6.07) is 3.15. The molecule has 0 aromatic heterocycles. The van der Waals surface area contributed by atoms with Crippen molar-refractivity contribution in [1.82, 2.24) is 0 Å². The van der Waals surface area contributed by atoms with Gasteiger partial charge in [0.15, 0.2) is 24.1 Å². The van der Waals surface area contributed by atoms with Crippen LogP contribution in [-0.2, 0) is 18.9 Å². The van der Waals surface area contributed by atoms with Crippen molar-refractivity contribution in [2.45, 2.75) is 48.7 Å². The lowest BCUT2D eigenvalue weighted by Crippen LogP contribution is -2.59. The van der Waals surface area contributed by atoms with E-state index in [4.69, 9.17) is 28.4 Å². The molecule has 2 aliphatic rings. The Balaban J connectivity index is 1.57. The van der Waals surface area contributed by atoms with E-state index in [9.17, 15) is 35.7 Å². The predicted octanol–water partition coefficient (Wildman–Crippen LogP) is -2.30. The van der Waals surface area contributed by atoms with Gasteiger partial charge in [-0.25, -0.2) is 0 Å². The van der Waals surface area contributed by atoms with Crippen LogP contribution in [0.5, 0.6) is 17.2 Å². The maximum atomic E-state index is 10.2. The summed E-state index contributed by atoms with van der Waals surface area (Å²) < 4.78 is 31.7. The summed E-state index contributed by atoms with van der Waals surface area (Å²) in [5.74, 6) is 0.286. The minimum absolute atomic E-state index is 0.0579. The van der Waals surface area contributed by atoms with Crippen LogP contribution < -0.4 is 9.47 Å². The van der Waals surface area contributed by atoms with Crippen LogP contribution in [0.3, 0.4) is 0 Å². The largest absolute Gasteiger partial charge is 0.502 e. The van der Waals surface area contributed by atoms with Crippen molar-refractivity contribution in [3.8, 4) is 17.2 Å². The number of aliphatic hydroxyl groups is 6. The normalized spacial score (nSPS) is 35.5. The van der Waals surface area contributed by atoms with Crippen molar-refractivity contribution < 1.29 is 64.2 Å². The second-order valence-electron chi connectivity index (χ2n) is 8.24. The molecule has 2 aliphatic heterocycles. The average molecular weight is 504 g/mol. The van der Waals surface area contributed by atoms with Gasteiger partial charge < -0.3 is 64.2 Å². The van der Waals surface area contributed by atoms with Crippen molar-refractivity contribution in [3.05, 3.63) is 23.8 Å². The molecule has 1 aromatic carbocycles. The highest BCUT2D eigenvalue weighted by Gasteiger charge is 2.50. The van der Waals surface area contributed by atoms with Gasteiger partial charge in [0, 0.05) is 0 Å². The van der Waals surface area contributed by atoms with Crippen LogP contribution in [0.15, 0.2) is 18.2 Å². The van der Waals surface area contributed by atoms with Gasteiger partial charge in [0.1, 0.15) is 36.1 Å². The Morgan fingerprint density at radius 1 is 1.00 bits per heavy atom. The third-order valence-electron chi connectivity index (χ3n) is 5.84. The first-order chi connectivity index (χ1) is 16.6. The number of aromatic hydroxyl groups is 1. The molecule has 198 valence electrons. The van der Waals surface area contributed by atoms with Crippen LogP contribution >= 0.6 is 0 Å². The van der Waals surface area contributed by atoms with Gasteiger partial charge in [0.2, 0.25) is 5.75 Å². The summed E-state index contributed by atoms with van der Waals surface area (Å²) in [6.07, 6.45) is -6.79. The molecule has 1 aromatic rings. The molecule has 2 fully saturated rings. The van der Waals surface area contributed by atoms with Crippen molar-refractivity contribution in [3.63, 3.8) is 0 Å². The maximum Gasteiger partial charge on any atom is 0.200 e. The van der Waals surface area contributed by atoms with E-state index < -0.39 is 55.3 Å². The number of methoxy groups -OCH3 is 2. The summed E-state index contributed by atoms with van der Waals surface area (Å²) in [5, 5.41) is 69.9. The summed E-state index contributed by atoms with van der Waals surface area (Å²) in [7, 11) is 2.80. The molecule has 0 bridgehead atoms. The van der Waals surface area contributed by atoms with Crippen molar-refractivity contribution in [2.75, 3.05) is 40.6 Å². The molecule has 0 saturated carbocycles. The van der Waals surface area contributed by atoms with E-state index in [1.165, 1.54) is 14.2 Å². The Morgan fingerprint density at radius 2 is 1.66 bits per heavy atom. The van der Waals surface area contributed by atoms with E-state index in [2.05, 4.69) is 0 Å². The van der Waals surface area contributed by atoms with Gasteiger partial charge in [-0.2, -0.15) is 0 Å². The molecular weight excluding hydrogens is 472 g/mol. The fourth-order valence-corrected chi connectivity index (χ4v) is 3.66. The zero-order valence-corrected chi connectivity index (χ0v) is 19.3. The molecule has 2 saturated heterocycles. The van der Waals surface area contributed by atoms with Crippen molar-refractivity contribution in [1.29, 1.82) is 0 Å². The summed E-state index contributed by atoms with van der Waals surface area (Å²) >= 11 is 0. The molecule has 0 spiro atoms. The third-order valence-corrected chi connectivity index (χ3v) is 5.84. The molecule has 35 heavy (non-hydrogen) atoms. The SMILES string of the molecule is COc1cc(C=CCOC2OC(COC3OCC(O)(CO)C3O)C(O)C(O)C2O)cc(OC)c1O. The average Bonchev–Trinajstić information content (AvgIpc) is 3.15. The number of hydrogen-bond donors (Lipinski definition) is 7. The predicted molar refractivity (Wildman–Crippen MR) is 117 cm³/mol. The third kappa shape index (κ3) is 6.03. The first kappa shape index (κ1) is 27.5. The highest BCUT2D eigenvalue weighted by Crippen LogP contribution is 2.37. The Hall–Kier alpha value is -2.04. The number of phenols is 1. The highest BCUT2D eigenvalue weighted by molar-refractivity contribution is 5.61. The molecule has 7 N–H and O–H groups in total. The summed E-state index contributed by atoms with van der Waals surface area (Å²) in [4.78, 5) is 0. The Kier molecular flexibility index (Phi) is 9.28. The van der Waals surface area contributed by atoms with E-state index in [1.54, 1.807) is 24.3 Å². The van der Waals surface area contributed by atoms with Gasteiger partial charge in [0.25, 0.3) is 0 Å². The molecule has 13 heteroatoms. The standard InChI is InChI=1S/C22H32O13/c1-30-12-6-11(7-13(31-2)15(12)24)4-3-5-32-20-18(27)17(26)16(25)14(35-20)8-33-21-19(28)22(29,9-23)10-34-21/h3-4,6-7,14,16-21,23-29H,5,8-10H2,1-2H3. The molecule has 0 aliphatic carbocycles. The molecule has 13 nitrogen and oxygen atoms in total. The van der Waals surface area contributed by atoms with Gasteiger partial charge in [-0.05, 0) is 17.7 Å². The highest BCUT2D eigenvalue weighted by atomic mass is 16.7. The molecule has 0 amide bonds. The van der Waals surface area contributed by atoms with Crippen LogP contribution in [0.2, 0.25) is 0 Å². The molecule has 8 atom stereocenters. The fraction of sp³-hybridized carbons (Fsp3) is 0.636. The van der Waals surface area contributed by atoms with E-state index in [1.807, 2.05) is 0 Å². The smallest absolute Gasteiger partial charge is 0.200 e. The lowest BCUT2D eigenvalue weighted by molar-refractivity contribution is -0.307. The van der Waals surface area contributed by atoms with Crippen LogP contribution in [0.1, 0.15) is 5.56 Å². The molecular formula is C22H32O13. The zero-order chi connectivity index (χ0) is 25.8. The van der Waals surface area contributed by atoms with E-state index in [-0.39, 0.29) is 37.1 Å². The number of ether oxygens (including phenoxy) is 6. The maximum absolute atomic E-state index is 10.2. The molecule has 0 radical (unpaired) electrons. The van der Waals surface area contributed by atoms with Crippen LogP contribution in [0.25, 0.3) is 6.08 Å². The Bertz CT molecular complexity index is 839. The number of phenolic OH excluding ortho intramolecular Hbond substituents is 1. The quantitative estimate of drug-likeness (QED) is 0.180. The van der Waals surface area contributed by atoms with E-state index in [0.29, 0.717) is 5.56 Å². The zero-order valence-electron chi connectivity index (χ0n) is 19.3. The van der Waals surface area contributed by atoms with Crippen molar-refractivity contribution in [2.24, 2.45) is 0 Å². The van der Waals surface area contributed by atoms with Crippen LogP contribution in [0.4, 0.5) is 0 Å². The van der Waals surface area contributed by atoms with Crippen molar-refractivity contribution >= 4 is 6.08 Å². The minimum atomic E-state index is -1.88. The molecule has 3 rings (SSSR count). The molecule has 2 heterocycles.